The monoisotopic (exact) mass is 245 g/mol. The fraction of sp³-hybridized carbons (Fsp3) is 0.357. The maximum atomic E-state index is 5.94. The van der Waals surface area contributed by atoms with Crippen molar-refractivity contribution in [1.82, 2.24) is 9.55 Å². The third kappa shape index (κ3) is 2.18. The number of imidazole rings is 1. The lowest BCUT2D eigenvalue weighted by Crippen LogP contribution is -2.16. The van der Waals surface area contributed by atoms with Crippen LogP contribution in [0.4, 0.5) is 5.69 Å². The van der Waals surface area contributed by atoms with Gasteiger partial charge in [-0.2, -0.15) is 0 Å². The van der Waals surface area contributed by atoms with E-state index in [-0.39, 0.29) is 5.41 Å². The van der Waals surface area contributed by atoms with E-state index in [9.17, 15) is 0 Å². The average molecular weight is 245 g/mol. The van der Waals surface area contributed by atoms with Gasteiger partial charge in [-0.05, 0) is 18.2 Å². The summed E-state index contributed by atoms with van der Waals surface area (Å²) in [4.78, 5) is 4.23. The molecule has 0 aliphatic carbocycles. The summed E-state index contributed by atoms with van der Waals surface area (Å²) in [6.07, 6.45) is 3.70. The molecule has 18 heavy (non-hydrogen) atoms. The standard InChI is InChI=1S/C14H19N3O/c1-14(2,3)13-8-16-9-17(13)10-5-6-12(18-4)11(15)7-10/h5-9H,15H2,1-4H3. The molecule has 1 heterocycles. The largest absolute Gasteiger partial charge is 0.495 e. The van der Waals surface area contributed by atoms with Gasteiger partial charge in [0.2, 0.25) is 0 Å². The highest BCUT2D eigenvalue weighted by atomic mass is 16.5. The van der Waals surface area contributed by atoms with Gasteiger partial charge in [0.05, 0.1) is 19.1 Å². The molecule has 96 valence electrons. The van der Waals surface area contributed by atoms with Crippen molar-refractivity contribution in [3.63, 3.8) is 0 Å². The summed E-state index contributed by atoms with van der Waals surface area (Å²) in [6, 6.07) is 5.75. The second-order valence-corrected chi connectivity index (χ2v) is 5.33. The van der Waals surface area contributed by atoms with Gasteiger partial charge >= 0.3 is 0 Å². The maximum Gasteiger partial charge on any atom is 0.141 e. The fourth-order valence-corrected chi connectivity index (χ4v) is 1.93. The lowest BCUT2D eigenvalue weighted by Gasteiger charge is -2.21. The molecule has 0 fully saturated rings. The van der Waals surface area contributed by atoms with Gasteiger partial charge in [-0.3, -0.25) is 0 Å². The summed E-state index contributed by atoms with van der Waals surface area (Å²) in [5.41, 5.74) is 8.74. The van der Waals surface area contributed by atoms with E-state index >= 15 is 0 Å². The Kier molecular flexibility index (Phi) is 3.03. The van der Waals surface area contributed by atoms with Crippen LogP contribution >= 0.6 is 0 Å². The van der Waals surface area contributed by atoms with Crippen LogP contribution < -0.4 is 10.5 Å². The van der Waals surface area contributed by atoms with Crippen LogP contribution in [0.5, 0.6) is 5.75 Å². The predicted octanol–water partition coefficient (Wildman–Crippen LogP) is 2.76. The number of nitrogens with zero attached hydrogens (tertiary/aromatic N) is 2. The second kappa shape index (κ2) is 4.37. The molecule has 2 aromatic rings. The molecule has 2 rings (SSSR count). The van der Waals surface area contributed by atoms with E-state index in [2.05, 4.69) is 30.3 Å². The fourth-order valence-electron chi connectivity index (χ4n) is 1.93. The van der Waals surface area contributed by atoms with Crippen LogP contribution in [0.25, 0.3) is 5.69 Å². The lowest BCUT2D eigenvalue weighted by atomic mass is 9.92. The molecule has 0 atom stereocenters. The average Bonchev–Trinajstić information content (AvgIpc) is 2.77. The summed E-state index contributed by atoms with van der Waals surface area (Å²) < 4.78 is 7.22. The highest BCUT2D eigenvalue weighted by Crippen LogP contribution is 2.28. The van der Waals surface area contributed by atoms with Crippen molar-refractivity contribution in [2.45, 2.75) is 26.2 Å². The van der Waals surface area contributed by atoms with Crippen molar-refractivity contribution in [2.24, 2.45) is 0 Å². The van der Waals surface area contributed by atoms with E-state index in [4.69, 9.17) is 10.5 Å². The van der Waals surface area contributed by atoms with Crippen LogP contribution in [0.15, 0.2) is 30.7 Å². The lowest BCUT2D eigenvalue weighted by molar-refractivity contribution is 0.417. The minimum absolute atomic E-state index is 0.0329. The topological polar surface area (TPSA) is 53.1 Å². The van der Waals surface area contributed by atoms with E-state index in [1.165, 1.54) is 0 Å². The Balaban J connectivity index is 2.50. The van der Waals surface area contributed by atoms with Gasteiger partial charge in [-0.1, -0.05) is 20.8 Å². The molecular formula is C14H19N3O. The molecule has 0 saturated heterocycles. The summed E-state index contributed by atoms with van der Waals surface area (Å²) in [6.45, 7) is 6.48. The molecule has 0 saturated carbocycles. The first-order valence-electron chi connectivity index (χ1n) is 5.90. The Morgan fingerprint density at radius 3 is 2.56 bits per heavy atom. The minimum atomic E-state index is 0.0329. The molecule has 2 N–H and O–H groups in total. The smallest absolute Gasteiger partial charge is 0.141 e. The molecular weight excluding hydrogens is 226 g/mol. The summed E-state index contributed by atoms with van der Waals surface area (Å²) in [5.74, 6) is 0.691. The van der Waals surface area contributed by atoms with Crippen molar-refractivity contribution in [2.75, 3.05) is 12.8 Å². The minimum Gasteiger partial charge on any atom is -0.495 e. The predicted molar refractivity (Wildman–Crippen MR) is 73.2 cm³/mol. The first kappa shape index (κ1) is 12.5. The quantitative estimate of drug-likeness (QED) is 0.828. The zero-order valence-corrected chi connectivity index (χ0v) is 11.3. The van der Waals surface area contributed by atoms with Crippen LogP contribution in [0.1, 0.15) is 26.5 Å². The van der Waals surface area contributed by atoms with Crippen molar-refractivity contribution in [3.05, 3.63) is 36.4 Å². The molecule has 4 nitrogen and oxygen atoms in total. The van der Waals surface area contributed by atoms with E-state index < -0.39 is 0 Å². The number of nitrogens with two attached hydrogens (primary N) is 1. The molecule has 1 aromatic carbocycles. The third-order valence-electron chi connectivity index (χ3n) is 2.90. The number of aromatic nitrogens is 2. The second-order valence-electron chi connectivity index (χ2n) is 5.33. The van der Waals surface area contributed by atoms with Crippen LogP contribution in [-0.4, -0.2) is 16.7 Å². The number of hydrogen-bond acceptors (Lipinski definition) is 3. The molecule has 0 bridgehead atoms. The van der Waals surface area contributed by atoms with Gasteiger partial charge in [0.25, 0.3) is 0 Å². The SMILES string of the molecule is COc1ccc(-n2cncc2C(C)(C)C)cc1N. The number of ether oxygens (including phenoxy) is 1. The van der Waals surface area contributed by atoms with Gasteiger partial charge in [0.15, 0.2) is 0 Å². The summed E-state index contributed by atoms with van der Waals surface area (Å²) in [5, 5.41) is 0. The number of rotatable bonds is 2. The number of anilines is 1. The Bertz CT molecular complexity index is 552. The maximum absolute atomic E-state index is 5.94. The first-order chi connectivity index (χ1) is 8.43. The van der Waals surface area contributed by atoms with Crippen molar-refractivity contribution in [3.8, 4) is 11.4 Å². The highest BCUT2D eigenvalue weighted by Gasteiger charge is 2.19. The van der Waals surface area contributed by atoms with E-state index in [0.29, 0.717) is 11.4 Å². The van der Waals surface area contributed by atoms with Crippen molar-refractivity contribution < 1.29 is 4.74 Å². The molecule has 0 unspecified atom stereocenters. The molecule has 0 radical (unpaired) electrons. The highest BCUT2D eigenvalue weighted by molar-refractivity contribution is 5.58. The van der Waals surface area contributed by atoms with E-state index in [0.717, 1.165) is 11.4 Å². The molecule has 0 aliphatic rings. The Hall–Kier alpha value is -1.97. The number of benzene rings is 1. The molecule has 0 aliphatic heterocycles. The number of hydrogen-bond donors (Lipinski definition) is 1. The van der Waals surface area contributed by atoms with Crippen LogP contribution in [0.3, 0.4) is 0 Å². The van der Waals surface area contributed by atoms with Crippen LogP contribution in [0, 0.1) is 0 Å². The summed E-state index contributed by atoms with van der Waals surface area (Å²) >= 11 is 0. The van der Waals surface area contributed by atoms with Gasteiger partial charge < -0.3 is 15.0 Å². The Morgan fingerprint density at radius 2 is 2.00 bits per heavy atom. The van der Waals surface area contributed by atoms with E-state index in [1.54, 1.807) is 7.11 Å². The zero-order chi connectivity index (χ0) is 13.3. The molecule has 0 amide bonds. The third-order valence-corrected chi connectivity index (χ3v) is 2.90. The number of nitrogen functional groups attached to an aromatic ring is 1. The van der Waals surface area contributed by atoms with E-state index in [1.807, 2.05) is 30.7 Å². The van der Waals surface area contributed by atoms with Crippen LogP contribution in [-0.2, 0) is 5.41 Å². The summed E-state index contributed by atoms with van der Waals surface area (Å²) in [7, 11) is 1.61. The van der Waals surface area contributed by atoms with Crippen molar-refractivity contribution in [1.29, 1.82) is 0 Å². The molecule has 1 aromatic heterocycles. The Labute approximate surface area is 107 Å². The van der Waals surface area contributed by atoms with Gasteiger partial charge in [0, 0.05) is 23.0 Å². The van der Waals surface area contributed by atoms with Crippen molar-refractivity contribution >= 4 is 5.69 Å². The molecule has 4 heteroatoms. The van der Waals surface area contributed by atoms with Crippen LogP contribution in [0.2, 0.25) is 0 Å². The number of methoxy groups -OCH3 is 1. The normalized spacial score (nSPS) is 11.6. The van der Waals surface area contributed by atoms with Gasteiger partial charge in [0.1, 0.15) is 5.75 Å². The molecule has 0 spiro atoms. The van der Waals surface area contributed by atoms with Gasteiger partial charge in [-0.25, -0.2) is 4.98 Å². The van der Waals surface area contributed by atoms with Gasteiger partial charge in [-0.15, -0.1) is 0 Å². The zero-order valence-electron chi connectivity index (χ0n) is 11.3. The Morgan fingerprint density at radius 1 is 1.28 bits per heavy atom. The first-order valence-corrected chi connectivity index (χ1v) is 5.90.